The zero-order valence-corrected chi connectivity index (χ0v) is 11.1. The van der Waals surface area contributed by atoms with Crippen LogP contribution in [0.4, 0.5) is 8.78 Å². The van der Waals surface area contributed by atoms with Gasteiger partial charge in [0.1, 0.15) is 11.6 Å². The van der Waals surface area contributed by atoms with E-state index in [9.17, 15) is 8.78 Å². The lowest BCUT2D eigenvalue weighted by Gasteiger charge is -2.13. The van der Waals surface area contributed by atoms with E-state index < -0.39 is 17.7 Å². The van der Waals surface area contributed by atoms with Gasteiger partial charge in [0, 0.05) is 16.1 Å². The highest BCUT2D eigenvalue weighted by Crippen LogP contribution is 2.21. The fourth-order valence-electron chi connectivity index (χ4n) is 1.78. The van der Waals surface area contributed by atoms with Crippen LogP contribution in [0.15, 0.2) is 46.9 Å². The molecule has 0 aliphatic heterocycles. The molecule has 0 aliphatic rings. The fourth-order valence-corrected chi connectivity index (χ4v) is 2.04. The molecule has 2 aromatic rings. The molecule has 0 radical (unpaired) electrons. The summed E-state index contributed by atoms with van der Waals surface area (Å²) in [5, 5.41) is 0. The van der Waals surface area contributed by atoms with Crippen LogP contribution in [0.3, 0.4) is 0 Å². The van der Waals surface area contributed by atoms with Gasteiger partial charge in [0.05, 0.1) is 0 Å². The summed E-state index contributed by atoms with van der Waals surface area (Å²) in [7, 11) is 0. The Bertz CT molecular complexity index is 520. The SMILES string of the molecule is NC(Cc1c(F)cccc1F)c1ccc(Br)cc1. The van der Waals surface area contributed by atoms with Crippen LogP contribution in [0, 0.1) is 11.6 Å². The van der Waals surface area contributed by atoms with Crippen LogP contribution in [-0.2, 0) is 6.42 Å². The molecular weight excluding hydrogens is 300 g/mol. The molecule has 2 aromatic carbocycles. The first-order valence-corrected chi connectivity index (χ1v) is 6.31. The van der Waals surface area contributed by atoms with E-state index in [0.29, 0.717) is 0 Å². The first-order valence-electron chi connectivity index (χ1n) is 5.52. The van der Waals surface area contributed by atoms with Gasteiger partial charge in [0.2, 0.25) is 0 Å². The Kier molecular flexibility index (Phi) is 4.09. The highest BCUT2D eigenvalue weighted by Gasteiger charge is 2.14. The molecule has 0 saturated heterocycles. The van der Waals surface area contributed by atoms with Crippen molar-refractivity contribution in [2.75, 3.05) is 0 Å². The summed E-state index contributed by atoms with van der Waals surface area (Å²) in [4.78, 5) is 0. The minimum Gasteiger partial charge on any atom is -0.324 e. The van der Waals surface area contributed by atoms with Crippen LogP contribution < -0.4 is 5.73 Å². The van der Waals surface area contributed by atoms with Crippen LogP contribution in [0.1, 0.15) is 17.2 Å². The molecule has 0 spiro atoms. The molecule has 1 atom stereocenters. The van der Waals surface area contributed by atoms with E-state index in [0.717, 1.165) is 10.0 Å². The van der Waals surface area contributed by atoms with Gasteiger partial charge >= 0.3 is 0 Å². The molecule has 0 amide bonds. The maximum atomic E-state index is 13.5. The van der Waals surface area contributed by atoms with Gasteiger partial charge in [-0.3, -0.25) is 0 Å². The van der Waals surface area contributed by atoms with Crippen molar-refractivity contribution in [2.45, 2.75) is 12.5 Å². The number of hydrogen-bond donors (Lipinski definition) is 1. The highest BCUT2D eigenvalue weighted by molar-refractivity contribution is 9.10. The quantitative estimate of drug-likeness (QED) is 0.912. The third kappa shape index (κ3) is 2.94. The van der Waals surface area contributed by atoms with Crippen molar-refractivity contribution in [3.8, 4) is 0 Å². The van der Waals surface area contributed by atoms with E-state index in [4.69, 9.17) is 5.73 Å². The highest BCUT2D eigenvalue weighted by atomic mass is 79.9. The van der Waals surface area contributed by atoms with Crippen molar-refractivity contribution in [2.24, 2.45) is 5.73 Å². The number of rotatable bonds is 3. The van der Waals surface area contributed by atoms with Gasteiger partial charge in [-0.05, 0) is 36.2 Å². The summed E-state index contributed by atoms with van der Waals surface area (Å²) in [5.74, 6) is -1.11. The summed E-state index contributed by atoms with van der Waals surface area (Å²) in [6.07, 6.45) is 0.139. The van der Waals surface area contributed by atoms with Crippen molar-refractivity contribution in [1.29, 1.82) is 0 Å². The number of halogens is 3. The minimum atomic E-state index is -0.553. The van der Waals surface area contributed by atoms with Gasteiger partial charge in [-0.1, -0.05) is 34.1 Å². The molecule has 0 fully saturated rings. The molecule has 0 aromatic heterocycles. The molecule has 2 rings (SSSR count). The summed E-state index contributed by atoms with van der Waals surface area (Å²) in [5.41, 5.74) is 6.85. The minimum absolute atomic E-state index is 0.0351. The largest absolute Gasteiger partial charge is 0.324 e. The molecule has 18 heavy (non-hydrogen) atoms. The molecule has 1 unspecified atom stereocenters. The van der Waals surface area contributed by atoms with Crippen molar-refractivity contribution in [3.05, 3.63) is 69.7 Å². The van der Waals surface area contributed by atoms with Crippen molar-refractivity contribution in [3.63, 3.8) is 0 Å². The number of nitrogens with two attached hydrogens (primary N) is 1. The summed E-state index contributed by atoms with van der Waals surface area (Å²) in [6, 6.07) is 10.8. The van der Waals surface area contributed by atoms with Crippen LogP contribution in [0.2, 0.25) is 0 Å². The van der Waals surface area contributed by atoms with Crippen LogP contribution in [0.5, 0.6) is 0 Å². The Hall–Kier alpha value is -1.26. The summed E-state index contributed by atoms with van der Waals surface area (Å²) >= 11 is 3.32. The molecule has 94 valence electrons. The molecule has 4 heteroatoms. The zero-order valence-electron chi connectivity index (χ0n) is 9.54. The molecule has 0 saturated carbocycles. The van der Waals surface area contributed by atoms with E-state index in [1.165, 1.54) is 18.2 Å². The first kappa shape index (κ1) is 13.2. The van der Waals surface area contributed by atoms with E-state index in [1.54, 1.807) is 0 Å². The average molecular weight is 312 g/mol. The summed E-state index contributed by atoms with van der Waals surface area (Å²) in [6.45, 7) is 0. The predicted molar refractivity (Wildman–Crippen MR) is 71.1 cm³/mol. The Morgan fingerprint density at radius 1 is 1.00 bits per heavy atom. The fraction of sp³-hybridized carbons (Fsp3) is 0.143. The van der Waals surface area contributed by atoms with E-state index >= 15 is 0 Å². The second-order valence-electron chi connectivity index (χ2n) is 4.06. The first-order chi connectivity index (χ1) is 8.58. The van der Waals surface area contributed by atoms with Gasteiger partial charge in [-0.2, -0.15) is 0 Å². The third-order valence-corrected chi connectivity index (χ3v) is 3.31. The lowest BCUT2D eigenvalue weighted by Crippen LogP contribution is -2.15. The monoisotopic (exact) mass is 311 g/mol. The van der Waals surface area contributed by atoms with Gasteiger partial charge in [-0.15, -0.1) is 0 Å². The topological polar surface area (TPSA) is 26.0 Å². The van der Waals surface area contributed by atoms with E-state index in [1.807, 2.05) is 24.3 Å². The standard InChI is InChI=1S/C14H12BrF2N/c15-10-6-4-9(5-7-10)14(18)8-11-12(16)2-1-3-13(11)17/h1-7,14H,8,18H2. The Morgan fingerprint density at radius 3 is 2.11 bits per heavy atom. The second-order valence-corrected chi connectivity index (χ2v) is 4.98. The normalized spacial score (nSPS) is 12.4. The van der Waals surface area contributed by atoms with Gasteiger partial charge in [0.15, 0.2) is 0 Å². The Labute approximate surface area is 113 Å². The van der Waals surface area contributed by atoms with Crippen molar-refractivity contribution >= 4 is 15.9 Å². The molecule has 0 aliphatic carbocycles. The predicted octanol–water partition coefficient (Wildman–Crippen LogP) is 3.97. The van der Waals surface area contributed by atoms with Crippen molar-refractivity contribution in [1.82, 2.24) is 0 Å². The maximum absolute atomic E-state index is 13.5. The molecule has 0 bridgehead atoms. The van der Waals surface area contributed by atoms with Crippen LogP contribution in [-0.4, -0.2) is 0 Å². The van der Waals surface area contributed by atoms with Gasteiger partial charge in [0.25, 0.3) is 0 Å². The van der Waals surface area contributed by atoms with Crippen molar-refractivity contribution < 1.29 is 8.78 Å². The summed E-state index contributed by atoms with van der Waals surface area (Å²) < 4.78 is 27.9. The number of hydrogen-bond acceptors (Lipinski definition) is 1. The van der Waals surface area contributed by atoms with Gasteiger partial charge < -0.3 is 5.73 Å². The lowest BCUT2D eigenvalue weighted by atomic mass is 9.99. The van der Waals surface area contributed by atoms with Crippen LogP contribution in [0.25, 0.3) is 0 Å². The molecular formula is C14H12BrF2N. The average Bonchev–Trinajstić information content (AvgIpc) is 2.34. The smallest absolute Gasteiger partial charge is 0.129 e. The Morgan fingerprint density at radius 2 is 1.56 bits per heavy atom. The molecule has 0 heterocycles. The third-order valence-electron chi connectivity index (χ3n) is 2.78. The second kappa shape index (κ2) is 5.59. The lowest BCUT2D eigenvalue weighted by molar-refractivity contribution is 0.540. The molecule has 2 N–H and O–H groups in total. The van der Waals surface area contributed by atoms with Gasteiger partial charge in [-0.25, -0.2) is 8.78 Å². The maximum Gasteiger partial charge on any atom is 0.129 e. The zero-order chi connectivity index (χ0) is 13.1. The Balaban J connectivity index is 2.21. The number of benzene rings is 2. The van der Waals surface area contributed by atoms with E-state index in [-0.39, 0.29) is 12.0 Å². The van der Waals surface area contributed by atoms with Crippen LogP contribution >= 0.6 is 15.9 Å². The van der Waals surface area contributed by atoms with E-state index in [2.05, 4.69) is 15.9 Å². The molecule has 1 nitrogen and oxygen atoms in total.